The molecule has 19 heavy (non-hydrogen) atoms. The van der Waals surface area contributed by atoms with Crippen LogP contribution in [-0.2, 0) is 10.0 Å². The van der Waals surface area contributed by atoms with Crippen molar-refractivity contribution in [3.05, 3.63) is 0 Å². The number of thioether (sulfide) groups is 1. The maximum Gasteiger partial charge on any atom is 0.215 e. The topological polar surface area (TPSA) is 58.2 Å². The molecule has 0 saturated heterocycles. The van der Waals surface area contributed by atoms with Crippen LogP contribution in [0.5, 0.6) is 0 Å². The summed E-state index contributed by atoms with van der Waals surface area (Å²) < 4.78 is 27.3. The maximum atomic E-state index is 12.2. The van der Waals surface area contributed by atoms with Crippen LogP contribution in [0.1, 0.15) is 46.5 Å². The fraction of sp³-hybridized carbons (Fsp3) is 1.00. The molecule has 1 saturated carbocycles. The van der Waals surface area contributed by atoms with E-state index in [1.54, 1.807) is 6.92 Å². The Hall–Kier alpha value is 0.220. The minimum atomic E-state index is -3.22. The standard InChI is InChI=1S/C13H28N2O2S2/c1-11(2)14-9-12(3)19(16,17)15-10-13(18-4)7-5-6-8-13/h11-12,14-15H,5-10H2,1-4H3. The van der Waals surface area contributed by atoms with E-state index in [2.05, 4.69) is 16.3 Å². The first kappa shape index (κ1) is 17.3. The average Bonchev–Trinajstić information content (AvgIpc) is 2.83. The summed E-state index contributed by atoms with van der Waals surface area (Å²) in [5, 5.41) is 2.79. The van der Waals surface area contributed by atoms with Crippen LogP contribution >= 0.6 is 11.8 Å². The maximum absolute atomic E-state index is 12.2. The lowest BCUT2D eigenvalue weighted by Crippen LogP contribution is -2.45. The lowest BCUT2D eigenvalue weighted by Gasteiger charge is -2.28. The van der Waals surface area contributed by atoms with E-state index in [0.717, 1.165) is 12.8 Å². The zero-order valence-electron chi connectivity index (χ0n) is 12.5. The molecule has 1 fully saturated rings. The van der Waals surface area contributed by atoms with Crippen LogP contribution in [0.2, 0.25) is 0 Å². The fourth-order valence-corrected chi connectivity index (χ4v) is 4.44. The van der Waals surface area contributed by atoms with E-state index in [-0.39, 0.29) is 4.75 Å². The summed E-state index contributed by atoms with van der Waals surface area (Å²) in [5.41, 5.74) is 0. The molecule has 4 nitrogen and oxygen atoms in total. The van der Waals surface area contributed by atoms with Gasteiger partial charge in [-0.15, -0.1) is 0 Å². The molecular formula is C13H28N2O2S2. The Balaban J connectivity index is 2.49. The number of hydrogen-bond donors (Lipinski definition) is 2. The Morgan fingerprint density at radius 1 is 1.21 bits per heavy atom. The molecule has 0 aromatic heterocycles. The summed E-state index contributed by atoms with van der Waals surface area (Å²) in [6, 6.07) is 0.310. The third kappa shape index (κ3) is 5.25. The summed E-state index contributed by atoms with van der Waals surface area (Å²) in [4.78, 5) is 0. The van der Waals surface area contributed by atoms with Crippen molar-refractivity contribution in [3.63, 3.8) is 0 Å². The van der Waals surface area contributed by atoms with E-state index in [1.165, 1.54) is 12.8 Å². The van der Waals surface area contributed by atoms with Gasteiger partial charge in [0.25, 0.3) is 0 Å². The number of nitrogens with one attached hydrogen (secondary N) is 2. The average molecular weight is 309 g/mol. The molecule has 1 unspecified atom stereocenters. The van der Waals surface area contributed by atoms with Gasteiger partial charge < -0.3 is 5.32 Å². The van der Waals surface area contributed by atoms with E-state index in [9.17, 15) is 8.42 Å². The highest BCUT2D eigenvalue weighted by Crippen LogP contribution is 2.39. The summed E-state index contributed by atoms with van der Waals surface area (Å²) >= 11 is 1.81. The zero-order chi connectivity index (χ0) is 14.5. The molecule has 1 aliphatic rings. The van der Waals surface area contributed by atoms with E-state index < -0.39 is 15.3 Å². The summed E-state index contributed by atoms with van der Waals surface area (Å²) in [6.45, 7) is 6.88. The predicted molar refractivity (Wildman–Crippen MR) is 84.2 cm³/mol. The van der Waals surface area contributed by atoms with Gasteiger partial charge in [0.1, 0.15) is 0 Å². The van der Waals surface area contributed by atoms with E-state index >= 15 is 0 Å². The Morgan fingerprint density at radius 3 is 2.26 bits per heavy atom. The van der Waals surface area contributed by atoms with Gasteiger partial charge in [0.2, 0.25) is 10.0 Å². The van der Waals surface area contributed by atoms with E-state index in [4.69, 9.17) is 0 Å². The first-order valence-corrected chi connectivity index (χ1v) is 9.85. The molecule has 0 heterocycles. The Bertz CT molecular complexity index is 363. The van der Waals surface area contributed by atoms with Crippen molar-refractivity contribution in [2.24, 2.45) is 0 Å². The molecule has 0 amide bonds. The van der Waals surface area contributed by atoms with Crippen LogP contribution in [0, 0.1) is 0 Å². The molecule has 0 spiro atoms. The molecule has 2 N–H and O–H groups in total. The van der Waals surface area contributed by atoms with Crippen molar-refractivity contribution in [2.75, 3.05) is 19.3 Å². The molecule has 0 radical (unpaired) electrons. The second-order valence-corrected chi connectivity index (χ2v) is 9.29. The molecule has 0 bridgehead atoms. The van der Waals surface area contributed by atoms with Crippen LogP contribution in [0.15, 0.2) is 0 Å². The fourth-order valence-electron chi connectivity index (χ4n) is 2.36. The van der Waals surface area contributed by atoms with Gasteiger partial charge in [-0.05, 0) is 26.0 Å². The van der Waals surface area contributed by atoms with Crippen molar-refractivity contribution in [1.82, 2.24) is 10.0 Å². The van der Waals surface area contributed by atoms with Gasteiger partial charge in [-0.2, -0.15) is 11.8 Å². The molecule has 1 rings (SSSR count). The Morgan fingerprint density at radius 2 is 1.79 bits per heavy atom. The largest absolute Gasteiger partial charge is 0.313 e. The predicted octanol–water partition coefficient (Wildman–Crippen LogP) is 1.97. The lowest BCUT2D eigenvalue weighted by molar-refractivity contribution is 0.526. The normalized spacial score (nSPS) is 20.9. The first-order chi connectivity index (χ1) is 8.81. The highest BCUT2D eigenvalue weighted by atomic mass is 32.2. The van der Waals surface area contributed by atoms with Gasteiger partial charge in [-0.1, -0.05) is 26.7 Å². The van der Waals surface area contributed by atoms with Crippen LogP contribution in [0.25, 0.3) is 0 Å². The lowest BCUT2D eigenvalue weighted by atomic mass is 10.1. The van der Waals surface area contributed by atoms with E-state index in [0.29, 0.717) is 19.1 Å². The minimum absolute atomic E-state index is 0.123. The molecular weight excluding hydrogens is 280 g/mol. The van der Waals surface area contributed by atoms with Gasteiger partial charge in [0.15, 0.2) is 0 Å². The quantitative estimate of drug-likeness (QED) is 0.720. The SMILES string of the molecule is CSC1(CNS(=O)(=O)C(C)CNC(C)C)CCCC1. The molecule has 114 valence electrons. The van der Waals surface area contributed by atoms with Crippen LogP contribution in [0.3, 0.4) is 0 Å². The van der Waals surface area contributed by atoms with Crippen molar-refractivity contribution in [1.29, 1.82) is 0 Å². The van der Waals surface area contributed by atoms with Crippen molar-refractivity contribution in [3.8, 4) is 0 Å². The minimum Gasteiger partial charge on any atom is -0.313 e. The second kappa shape index (κ2) is 7.29. The summed E-state index contributed by atoms with van der Waals surface area (Å²) in [7, 11) is -3.22. The molecule has 1 aliphatic carbocycles. The van der Waals surface area contributed by atoms with Crippen LogP contribution in [0.4, 0.5) is 0 Å². The number of hydrogen-bond acceptors (Lipinski definition) is 4. The second-order valence-electron chi connectivity index (χ2n) is 5.83. The smallest absolute Gasteiger partial charge is 0.215 e. The number of rotatable bonds is 8. The van der Waals surface area contributed by atoms with E-state index in [1.807, 2.05) is 25.6 Å². The third-order valence-electron chi connectivity index (χ3n) is 3.89. The van der Waals surface area contributed by atoms with Crippen LogP contribution in [-0.4, -0.2) is 43.8 Å². The number of sulfonamides is 1. The zero-order valence-corrected chi connectivity index (χ0v) is 14.2. The van der Waals surface area contributed by atoms with Gasteiger partial charge >= 0.3 is 0 Å². The van der Waals surface area contributed by atoms with Crippen LogP contribution < -0.4 is 10.0 Å². The van der Waals surface area contributed by atoms with Gasteiger partial charge in [-0.25, -0.2) is 13.1 Å². The summed E-state index contributed by atoms with van der Waals surface area (Å²) in [5.74, 6) is 0. The highest BCUT2D eigenvalue weighted by Gasteiger charge is 2.34. The third-order valence-corrected chi connectivity index (χ3v) is 7.08. The Labute approximate surface area is 122 Å². The molecule has 1 atom stereocenters. The van der Waals surface area contributed by atoms with Gasteiger partial charge in [0.05, 0.1) is 5.25 Å². The molecule has 0 aromatic rings. The first-order valence-electron chi connectivity index (χ1n) is 7.08. The van der Waals surface area contributed by atoms with Crippen molar-refractivity contribution < 1.29 is 8.42 Å². The molecule has 6 heteroatoms. The molecule has 0 aliphatic heterocycles. The van der Waals surface area contributed by atoms with Gasteiger partial charge in [-0.3, -0.25) is 0 Å². The Kier molecular flexibility index (Phi) is 6.63. The van der Waals surface area contributed by atoms with Crippen molar-refractivity contribution in [2.45, 2.75) is 62.5 Å². The van der Waals surface area contributed by atoms with Crippen molar-refractivity contribution >= 4 is 21.8 Å². The molecule has 0 aromatic carbocycles. The monoisotopic (exact) mass is 308 g/mol. The van der Waals surface area contributed by atoms with Gasteiger partial charge in [0, 0.05) is 23.9 Å². The summed E-state index contributed by atoms with van der Waals surface area (Å²) in [6.07, 6.45) is 6.76. The highest BCUT2D eigenvalue weighted by molar-refractivity contribution is 8.00.